The molecule has 58 valence electrons. The van der Waals surface area contributed by atoms with Gasteiger partial charge in [0.15, 0.2) is 5.79 Å². The van der Waals surface area contributed by atoms with Crippen molar-refractivity contribution in [1.29, 1.82) is 0 Å². The zero-order valence-electron chi connectivity index (χ0n) is 6.36. The molecule has 1 unspecified atom stereocenters. The van der Waals surface area contributed by atoms with Gasteiger partial charge in [0.05, 0.1) is 0 Å². The Morgan fingerprint density at radius 2 is 2.30 bits per heavy atom. The van der Waals surface area contributed by atoms with Crippen LogP contribution in [0, 0.1) is 0 Å². The van der Waals surface area contributed by atoms with Crippen molar-refractivity contribution in [1.82, 2.24) is 0 Å². The molecular formula is C8H14FN. The van der Waals surface area contributed by atoms with Crippen molar-refractivity contribution in [3.63, 3.8) is 0 Å². The van der Waals surface area contributed by atoms with Crippen LogP contribution in [0.1, 0.15) is 32.6 Å². The molecule has 2 heteroatoms. The molecule has 0 aliphatic heterocycles. The lowest BCUT2D eigenvalue weighted by Gasteiger charge is -2.21. The maximum absolute atomic E-state index is 13.0. The predicted molar refractivity (Wildman–Crippen MR) is 40.3 cm³/mol. The molecule has 2 N–H and O–H groups in total. The Balaban J connectivity index is 2.62. The lowest BCUT2D eigenvalue weighted by Crippen LogP contribution is -2.33. The fourth-order valence-corrected chi connectivity index (χ4v) is 1.28. The summed E-state index contributed by atoms with van der Waals surface area (Å²) in [5.41, 5.74) is 6.05. The zero-order valence-corrected chi connectivity index (χ0v) is 6.36. The monoisotopic (exact) mass is 143 g/mol. The summed E-state index contributed by atoms with van der Waals surface area (Å²) < 4.78 is 13.0. The molecule has 0 heterocycles. The number of hydrogen-bond acceptors (Lipinski definition) is 1. The summed E-state index contributed by atoms with van der Waals surface area (Å²) in [6, 6.07) is 0. The van der Waals surface area contributed by atoms with Crippen LogP contribution in [-0.4, -0.2) is 5.79 Å². The highest BCUT2D eigenvalue weighted by Gasteiger charge is 2.22. The fourth-order valence-electron chi connectivity index (χ4n) is 1.28. The molecule has 0 amide bonds. The van der Waals surface area contributed by atoms with Gasteiger partial charge in [-0.3, -0.25) is 5.73 Å². The van der Waals surface area contributed by atoms with E-state index in [-0.39, 0.29) is 0 Å². The summed E-state index contributed by atoms with van der Waals surface area (Å²) in [7, 11) is 0. The van der Waals surface area contributed by atoms with E-state index in [0.29, 0.717) is 0 Å². The van der Waals surface area contributed by atoms with Gasteiger partial charge in [-0.1, -0.05) is 6.08 Å². The molecule has 0 spiro atoms. The van der Waals surface area contributed by atoms with E-state index in [1.165, 1.54) is 13.3 Å². The largest absolute Gasteiger partial charge is 0.296 e. The molecule has 0 aromatic rings. The topological polar surface area (TPSA) is 26.0 Å². The normalized spacial score (nSPS) is 25.3. The van der Waals surface area contributed by atoms with Crippen LogP contribution < -0.4 is 5.73 Å². The molecule has 0 saturated carbocycles. The van der Waals surface area contributed by atoms with Crippen LogP contribution >= 0.6 is 0 Å². The van der Waals surface area contributed by atoms with Crippen molar-refractivity contribution >= 4 is 0 Å². The van der Waals surface area contributed by atoms with Crippen molar-refractivity contribution < 1.29 is 4.39 Å². The molecule has 1 nitrogen and oxygen atoms in total. The molecule has 0 bridgehead atoms. The Morgan fingerprint density at radius 3 is 2.60 bits per heavy atom. The third-order valence-corrected chi connectivity index (χ3v) is 1.92. The number of hydrogen-bond donors (Lipinski definition) is 1. The number of halogens is 1. The first-order valence-corrected chi connectivity index (χ1v) is 3.78. The zero-order chi connectivity index (χ0) is 7.61. The molecule has 1 rings (SSSR count). The fraction of sp³-hybridized carbons (Fsp3) is 0.750. The van der Waals surface area contributed by atoms with E-state index in [4.69, 9.17) is 5.73 Å². The van der Waals surface area contributed by atoms with Crippen LogP contribution in [0.4, 0.5) is 4.39 Å². The van der Waals surface area contributed by atoms with Gasteiger partial charge in [0.1, 0.15) is 0 Å². The van der Waals surface area contributed by atoms with Gasteiger partial charge in [0.25, 0.3) is 0 Å². The van der Waals surface area contributed by atoms with Crippen molar-refractivity contribution in [3.8, 4) is 0 Å². The van der Waals surface area contributed by atoms with Gasteiger partial charge < -0.3 is 0 Å². The van der Waals surface area contributed by atoms with Crippen LogP contribution in [0.5, 0.6) is 0 Å². The summed E-state index contributed by atoms with van der Waals surface area (Å²) >= 11 is 0. The van der Waals surface area contributed by atoms with Crippen LogP contribution in [0.2, 0.25) is 0 Å². The van der Waals surface area contributed by atoms with Gasteiger partial charge in [-0.2, -0.15) is 0 Å². The maximum Gasteiger partial charge on any atom is 0.178 e. The van der Waals surface area contributed by atoms with E-state index < -0.39 is 5.79 Å². The smallest absolute Gasteiger partial charge is 0.178 e. The van der Waals surface area contributed by atoms with E-state index in [1.54, 1.807) is 0 Å². The minimum Gasteiger partial charge on any atom is -0.296 e. The summed E-state index contributed by atoms with van der Waals surface area (Å²) in [4.78, 5) is 0. The molecule has 1 atom stereocenters. The Bertz CT molecular complexity index is 144. The maximum atomic E-state index is 13.0. The molecule has 0 aromatic heterocycles. The summed E-state index contributed by atoms with van der Waals surface area (Å²) in [5, 5.41) is 0. The van der Waals surface area contributed by atoms with E-state index in [2.05, 4.69) is 0 Å². The third-order valence-electron chi connectivity index (χ3n) is 1.92. The highest BCUT2D eigenvalue weighted by Crippen LogP contribution is 2.25. The molecular weight excluding hydrogens is 129 g/mol. The average molecular weight is 143 g/mol. The SMILES string of the molecule is CC(N)(F)C1=CCCCC1. The van der Waals surface area contributed by atoms with Gasteiger partial charge in [-0.05, 0) is 38.2 Å². The molecule has 1 aliphatic rings. The van der Waals surface area contributed by atoms with E-state index in [9.17, 15) is 4.39 Å². The first kappa shape index (κ1) is 7.73. The minimum absolute atomic E-state index is 0.777. The average Bonchev–Trinajstić information content (AvgIpc) is 1.88. The van der Waals surface area contributed by atoms with Crippen LogP contribution in [0.3, 0.4) is 0 Å². The van der Waals surface area contributed by atoms with E-state index in [0.717, 1.165) is 24.8 Å². The van der Waals surface area contributed by atoms with E-state index in [1.807, 2.05) is 6.08 Å². The summed E-state index contributed by atoms with van der Waals surface area (Å²) in [5.74, 6) is -1.57. The molecule has 0 fully saturated rings. The van der Waals surface area contributed by atoms with Crippen molar-refractivity contribution in [3.05, 3.63) is 11.6 Å². The number of rotatable bonds is 1. The lowest BCUT2D eigenvalue weighted by molar-refractivity contribution is 0.239. The van der Waals surface area contributed by atoms with Gasteiger partial charge in [0.2, 0.25) is 0 Å². The quantitative estimate of drug-likeness (QED) is 0.441. The Labute approximate surface area is 61.1 Å². The Morgan fingerprint density at radius 1 is 1.60 bits per heavy atom. The Hall–Kier alpha value is -0.370. The molecule has 1 aliphatic carbocycles. The second kappa shape index (κ2) is 2.70. The highest BCUT2D eigenvalue weighted by molar-refractivity contribution is 5.14. The summed E-state index contributed by atoms with van der Waals surface area (Å²) in [6.45, 7) is 1.42. The van der Waals surface area contributed by atoms with Crippen LogP contribution in [0.15, 0.2) is 11.6 Å². The molecule has 0 radical (unpaired) electrons. The van der Waals surface area contributed by atoms with Gasteiger partial charge in [-0.25, -0.2) is 4.39 Å². The predicted octanol–water partition coefficient (Wildman–Crippen LogP) is 2.13. The van der Waals surface area contributed by atoms with Crippen molar-refractivity contribution in [2.24, 2.45) is 5.73 Å². The first-order chi connectivity index (χ1) is 4.61. The van der Waals surface area contributed by atoms with Crippen molar-refractivity contribution in [2.75, 3.05) is 0 Å². The number of nitrogens with two attached hydrogens (primary N) is 1. The van der Waals surface area contributed by atoms with Gasteiger partial charge in [-0.15, -0.1) is 0 Å². The number of alkyl halides is 1. The highest BCUT2D eigenvalue weighted by atomic mass is 19.1. The Kier molecular flexibility index (Phi) is 2.09. The van der Waals surface area contributed by atoms with Gasteiger partial charge >= 0.3 is 0 Å². The van der Waals surface area contributed by atoms with Crippen LogP contribution in [-0.2, 0) is 0 Å². The van der Waals surface area contributed by atoms with Crippen LogP contribution in [0.25, 0.3) is 0 Å². The van der Waals surface area contributed by atoms with Crippen molar-refractivity contribution in [2.45, 2.75) is 38.4 Å². The molecule has 0 aromatic carbocycles. The second-order valence-corrected chi connectivity index (χ2v) is 3.05. The second-order valence-electron chi connectivity index (χ2n) is 3.05. The summed E-state index contributed by atoms with van der Waals surface area (Å²) in [6.07, 6.45) is 6.03. The van der Waals surface area contributed by atoms with Gasteiger partial charge in [0, 0.05) is 0 Å². The lowest BCUT2D eigenvalue weighted by atomic mass is 9.94. The van der Waals surface area contributed by atoms with E-state index >= 15 is 0 Å². The first-order valence-electron chi connectivity index (χ1n) is 3.78. The minimum atomic E-state index is -1.57. The third kappa shape index (κ3) is 1.81. The molecule has 10 heavy (non-hydrogen) atoms. The standard InChI is InChI=1S/C8H14FN/c1-8(9,10)7-5-3-2-4-6-7/h5H,2-4,6,10H2,1H3. The molecule has 0 saturated heterocycles. The number of allylic oxidation sites excluding steroid dienone is 1.